The number of para-hydroxylation sites is 1. The summed E-state index contributed by atoms with van der Waals surface area (Å²) in [4.78, 5) is 20.5. The molecule has 0 saturated carbocycles. The van der Waals surface area contributed by atoms with Crippen molar-refractivity contribution in [2.45, 2.75) is 19.8 Å². The number of benzene rings is 1. The fourth-order valence-corrected chi connectivity index (χ4v) is 1.85. The first kappa shape index (κ1) is 13.7. The summed E-state index contributed by atoms with van der Waals surface area (Å²) in [6, 6.07) is 12.7. The predicted molar refractivity (Wildman–Crippen MR) is 74.9 cm³/mol. The standard InChI is InChI=1S/C15H14N4O/c1-10-8-11(2)18-14(17-10)13(9-16)15(20)19-12-6-4-3-5-7-12/h3-8,13H,1-2H3,(H,19,20). The molecule has 1 atom stereocenters. The molecule has 5 nitrogen and oxygen atoms in total. The second-order valence-corrected chi connectivity index (χ2v) is 4.43. The zero-order valence-corrected chi connectivity index (χ0v) is 11.3. The lowest BCUT2D eigenvalue weighted by Gasteiger charge is -2.10. The molecule has 1 aromatic carbocycles. The fraction of sp³-hybridized carbons (Fsp3) is 0.200. The van der Waals surface area contributed by atoms with Gasteiger partial charge in [0.15, 0.2) is 11.7 Å². The summed E-state index contributed by atoms with van der Waals surface area (Å²) < 4.78 is 0. The van der Waals surface area contributed by atoms with Crippen molar-refractivity contribution in [2.24, 2.45) is 0 Å². The van der Waals surface area contributed by atoms with Gasteiger partial charge in [-0.15, -0.1) is 0 Å². The van der Waals surface area contributed by atoms with Crippen LogP contribution in [0.25, 0.3) is 0 Å². The highest BCUT2D eigenvalue weighted by atomic mass is 16.1. The van der Waals surface area contributed by atoms with Crippen LogP contribution in [0.3, 0.4) is 0 Å². The highest BCUT2D eigenvalue weighted by molar-refractivity contribution is 5.97. The molecule has 0 aliphatic heterocycles. The average Bonchev–Trinajstić information content (AvgIpc) is 2.39. The van der Waals surface area contributed by atoms with Crippen LogP contribution < -0.4 is 5.32 Å². The van der Waals surface area contributed by atoms with Crippen LogP contribution in [-0.2, 0) is 4.79 Å². The zero-order chi connectivity index (χ0) is 14.5. The van der Waals surface area contributed by atoms with Crippen molar-refractivity contribution in [3.63, 3.8) is 0 Å². The number of nitriles is 1. The van der Waals surface area contributed by atoms with Gasteiger partial charge < -0.3 is 5.32 Å². The Kier molecular flexibility index (Phi) is 4.06. The van der Waals surface area contributed by atoms with Crippen LogP contribution in [0, 0.1) is 25.2 Å². The first-order valence-electron chi connectivity index (χ1n) is 6.18. The van der Waals surface area contributed by atoms with E-state index in [1.54, 1.807) is 18.2 Å². The Morgan fingerprint density at radius 1 is 1.20 bits per heavy atom. The quantitative estimate of drug-likeness (QED) is 0.924. The minimum absolute atomic E-state index is 0.235. The van der Waals surface area contributed by atoms with Crippen molar-refractivity contribution < 1.29 is 4.79 Å². The van der Waals surface area contributed by atoms with Gasteiger partial charge in [0.25, 0.3) is 0 Å². The maximum absolute atomic E-state index is 12.2. The molecule has 0 spiro atoms. The van der Waals surface area contributed by atoms with Crippen LogP contribution >= 0.6 is 0 Å². The van der Waals surface area contributed by atoms with Gasteiger partial charge in [-0.2, -0.15) is 5.26 Å². The Hall–Kier alpha value is -2.74. The minimum atomic E-state index is -1.02. The molecule has 0 aliphatic rings. The third-order valence-electron chi connectivity index (χ3n) is 2.69. The lowest BCUT2D eigenvalue weighted by atomic mass is 10.1. The predicted octanol–water partition coefficient (Wildman–Crippen LogP) is 2.34. The molecule has 0 aliphatic carbocycles. The van der Waals surface area contributed by atoms with Crippen LogP contribution in [-0.4, -0.2) is 15.9 Å². The van der Waals surface area contributed by atoms with Crippen LogP contribution in [0.1, 0.15) is 23.1 Å². The molecule has 2 aromatic rings. The highest BCUT2D eigenvalue weighted by Gasteiger charge is 2.23. The third-order valence-corrected chi connectivity index (χ3v) is 2.69. The van der Waals surface area contributed by atoms with Gasteiger partial charge in [-0.05, 0) is 32.0 Å². The van der Waals surface area contributed by atoms with Crippen molar-refractivity contribution in [1.82, 2.24) is 9.97 Å². The number of nitrogens with zero attached hydrogens (tertiary/aromatic N) is 3. The van der Waals surface area contributed by atoms with Crippen molar-refractivity contribution in [1.29, 1.82) is 5.26 Å². The Balaban J connectivity index is 2.24. The lowest BCUT2D eigenvalue weighted by molar-refractivity contribution is -0.116. The van der Waals surface area contributed by atoms with Crippen molar-refractivity contribution in [3.8, 4) is 6.07 Å². The molecule has 20 heavy (non-hydrogen) atoms. The summed E-state index contributed by atoms with van der Waals surface area (Å²) >= 11 is 0. The van der Waals surface area contributed by atoms with Gasteiger partial charge >= 0.3 is 0 Å². The smallest absolute Gasteiger partial charge is 0.249 e. The molecule has 0 radical (unpaired) electrons. The van der Waals surface area contributed by atoms with Crippen LogP contribution in [0.5, 0.6) is 0 Å². The number of nitrogens with one attached hydrogen (secondary N) is 1. The number of carbonyl (C=O) groups excluding carboxylic acids is 1. The monoisotopic (exact) mass is 266 g/mol. The Bertz CT molecular complexity index is 641. The van der Waals surface area contributed by atoms with Crippen LogP contribution in [0.4, 0.5) is 5.69 Å². The van der Waals surface area contributed by atoms with E-state index in [0.29, 0.717) is 5.69 Å². The van der Waals surface area contributed by atoms with E-state index in [1.807, 2.05) is 38.1 Å². The summed E-state index contributed by atoms with van der Waals surface area (Å²) in [7, 11) is 0. The number of hydrogen-bond acceptors (Lipinski definition) is 4. The molecule has 0 saturated heterocycles. The number of anilines is 1. The molecule has 0 fully saturated rings. The molecular weight excluding hydrogens is 252 g/mol. The maximum atomic E-state index is 12.2. The number of carbonyl (C=O) groups is 1. The Morgan fingerprint density at radius 3 is 2.35 bits per heavy atom. The van der Waals surface area contributed by atoms with Gasteiger partial charge in [-0.3, -0.25) is 4.79 Å². The van der Waals surface area contributed by atoms with E-state index in [0.717, 1.165) is 11.4 Å². The molecule has 1 N–H and O–H groups in total. The van der Waals surface area contributed by atoms with Gasteiger partial charge in [0, 0.05) is 17.1 Å². The van der Waals surface area contributed by atoms with Crippen LogP contribution in [0.15, 0.2) is 36.4 Å². The van der Waals surface area contributed by atoms with Crippen LogP contribution in [0.2, 0.25) is 0 Å². The minimum Gasteiger partial charge on any atom is -0.325 e. The molecule has 5 heteroatoms. The number of hydrogen-bond donors (Lipinski definition) is 1. The van der Waals surface area contributed by atoms with E-state index in [2.05, 4.69) is 15.3 Å². The van der Waals surface area contributed by atoms with E-state index < -0.39 is 11.8 Å². The number of aryl methyl sites for hydroxylation is 2. The summed E-state index contributed by atoms with van der Waals surface area (Å²) in [5.74, 6) is -1.21. The average molecular weight is 266 g/mol. The molecular formula is C15H14N4O. The molecule has 0 bridgehead atoms. The Labute approximate surface area is 117 Å². The van der Waals surface area contributed by atoms with E-state index in [1.165, 1.54) is 0 Å². The van der Waals surface area contributed by atoms with Crippen molar-refractivity contribution in [2.75, 3.05) is 5.32 Å². The van der Waals surface area contributed by atoms with Crippen molar-refractivity contribution in [3.05, 3.63) is 53.6 Å². The Morgan fingerprint density at radius 2 is 1.80 bits per heavy atom. The highest BCUT2D eigenvalue weighted by Crippen LogP contribution is 2.15. The first-order chi connectivity index (χ1) is 9.60. The second-order valence-electron chi connectivity index (χ2n) is 4.43. The summed E-state index contributed by atoms with van der Waals surface area (Å²) in [6.07, 6.45) is 0. The zero-order valence-electron chi connectivity index (χ0n) is 11.3. The number of amides is 1. The first-order valence-corrected chi connectivity index (χ1v) is 6.18. The molecule has 1 heterocycles. The summed E-state index contributed by atoms with van der Waals surface area (Å²) in [5, 5.41) is 11.9. The maximum Gasteiger partial charge on any atom is 0.249 e. The normalized spacial score (nSPS) is 11.4. The molecule has 1 aromatic heterocycles. The number of rotatable bonds is 3. The van der Waals surface area contributed by atoms with Gasteiger partial charge in [-0.1, -0.05) is 18.2 Å². The largest absolute Gasteiger partial charge is 0.325 e. The van der Waals surface area contributed by atoms with E-state index in [4.69, 9.17) is 0 Å². The van der Waals surface area contributed by atoms with E-state index >= 15 is 0 Å². The van der Waals surface area contributed by atoms with Gasteiger partial charge in [0.1, 0.15) is 0 Å². The van der Waals surface area contributed by atoms with E-state index in [9.17, 15) is 10.1 Å². The topological polar surface area (TPSA) is 78.7 Å². The van der Waals surface area contributed by atoms with Gasteiger partial charge in [0.2, 0.25) is 5.91 Å². The molecule has 100 valence electrons. The SMILES string of the molecule is Cc1cc(C)nc(C(C#N)C(=O)Nc2ccccc2)n1. The summed E-state index contributed by atoms with van der Waals surface area (Å²) in [6.45, 7) is 3.61. The van der Waals surface area contributed by atoms with Gasteiger partial charge in [0.05, 0.1) is 6.07 Å². The van der Waals surface area contributed by atoms with Crippen molar-refractivity contribution >= 4 is 11.6 Å². The summed E-state index contributed by atoms with van der Waals surface area (Å²) in [5.41, 5.74) is 2.11. The molecule has 1 unspecified atom stereocenters. The van der Waals surface area contributed by atoms with E-state index in [-0.39, 0.29) is 5.82 Å². The second kappa shape index (κ2) is 5.93. The molecule has 1 amide bonds. The fourth-order valence-electron chi connectivity index (χ4n) is 1.85. The third kappa shape index (κ3) is 3.18. The number of aromatic nitrogens is 2. The van der Waals surface area contributed by atoms with Gasteiger partial charge in [-0.25, -0.2) is 9.97 Å². The molecule has 2 rings (SSSR count). The lowest BCUT2D eigenvalue weighted by Crippen LogP contribution is -2.22.